The summed E-state index contributed by atoms with van der Waals surface area (Å²) in [5.41, 5.74) is 8.34. The number of hydrogen-bond donors (Lipinski definition) is 2. The summed E-state index contributed by atoms with van der Waals surface area (Å²) < 4.78 is 13.0. The summed E-state index contributed by atoms with van der Waals surface area (Å²) in [4.78, 5) is 4.69. The highest BCUT2D eigenvalue weighted by Crippen LogP contribution is 2.44. The smallest absolute Gasteiger partial charge is 0.123 e. The molecule has 0 bridgehead atoms. The third-order valence-corrected chi connectivity index (χ3v) is 5.73. The summed E-state index contributed by atoms with van der Waals surface area (Å²) in [6, 6.07) is 7.25. The standard InChI is InChI=1S/C20H31FN4/c1-3-9-20(10-11-22)13-18(23-16(20)2)8-12-24-14-25(15-24)19-6-4-17(21)5-7-19/h4-7,18,23H,2-3,8-15,22H2,1H3. The van der Waals surface area contributed by atoms with Gasteiger partial charge < -0.3 is 16.0 Å². The Morgan fingerprint density at radius 1 is 1.28 bits per heavy atom. The highest BCUT2D eigenvalue weighted by Gasteiger charge is 2.40. The molecule has 5 heteroatoms. The molecule has 138 valence electrons. The zero-order valence-corrected chi connectivity index (χ0v) is 15.3. The van der Waals surface area contributed by atoms with Gasteiger partial charge in [-0.2, -0.15) is 0 Å². The van der Waals surface area contributed by atoms with Gasteiger partial charge in [0.1, 0.15) is 5.82 Å². The molecule has 2 atom stereocenters. The van der Waals surface area contributed by atoms with Crippen molar-refractivity contribution >= 4 is 5.69 Å². The summed E-state index contributed by atoms with van der Waals surface area (Å²) in [5, 5.41) is 3.64. The highest BCUT2D eigenvalue weighted by atomic mass is 19.1. The normalized spacial score (nSPS) is 26.6. The summed E-state index contributed by atoms with van der Waals surface area (Å²) in [6.07, 6.45) is 5.67. The first-order valence-electron chi connectivity index (χ1n) is 9.45. The highest BCUT2D eigenvalue weighted by molar-refractivity contribution is 5.47. The van der Waals surface area contributed by atoms with Crippen LogP contribution < -0.4 is 16.0 Å². The lowest BCUT2D eigenvalue weighted by Crippen LogP contribution is -2.56. The maximum atomic E-state index is 13.0. The molecule has 2 saturated heterocycles. The second-order valence-corrected chi connectivity index (χ2v) is 7.58. The Bertz CT molecular complexity index is 574. The van der Waals surface area contributed by atoms with Crippen LogP contribution in [0, 0.1) is 11.2 Å². The number of rotatable bonds is 8. The molecule has 0 saturated carbocycles. The van der Waals surface area contributed by atoms with Crippen molar-refractivity contribution in [1.82, 2.24) is 10.2 Å². The molecule has 25 heavy (non-hydrogen) atoms. The molecule has 0 aliphatic carbocycles. The van der Waals surface area contributed by atoms with Crippen LogP contribution in [0.5, 0.6) is 0 Å². The maximum absolute atomic E-state index is 13.0. The van der Waals surface area contributed by atoms with Crippen LogP contribution in [0.15, 0.2) is 36.5 Å². The Morgan fingerprint density at radius 3 is 2.64 bits per heavy atom. The average Bonchev–Trinajstić information content (AvgIpc) is 2.84. The average molecular weight is 346 g/mol. The lowest BCUT2D eigenvalue weighted by atomic mass is 9.76. The predicted octanol–water partition coefficient (Wildman–Crippen LogP) is 3.26. The van der Waals surface area contributed by atoms with Crippen LogP contribution in [0.1, 0.15) is 39.0 Å². The van der Waals surface area contributed by atoms with Crippen LogP contribution in [0.25, 0.3) is 0 Å². The van der Waals surface area contributed by atoms with Crippen LogP contribution in [0.2, 0.25) is 0 Å². The third kappa shape index (κ3) is 3.98. The van der Waals surface area contributed by atoms with Gasteiger partial charge >= 0.3 is 0 Å². The fourth-order valence-corrected chi connectivity index (χ4v) is 4.34. The molecule has 2 unspecified atom stereocenters. The topological polar surface area (TPSA) is 44.5 Å². The number of halogens is 1. The van der Waals surface area contributed by atoms with Crippen molar-refractivity contribution in [1.29, 1.82) is 0 Å². The van der Waals surface area contributed by atoms with Gasteiger partial charge in [0.15, 0.2) is 0 Å². The summed E-state index contributed by atoms with van der Waals surface area (Å²) >= 11 is 0. The molecule has 1 aromatic carbocycles. The third-order valence-electron chi connectivity index (χ3n) is 5.73. The van der Waals surface area contributed by atoms with E-state index in [0.717, 1.165) is 51.4 Å². The van der Waals surface area contributed by atoms with Crippen molar-refractivity contribution in [3.05, 3.63) is 42.4 Å². The molecule has 3 N–H and O–H groups in total. The van der Waals surface area contributed by atoms with Crippen LogP contribution in [0.4, 0.5) is 10.1 Å². The van der Waals surface area contributed by atoms with Gasteiger partial charge in [-0.1, -0.05) is 19.9 Å². The van der Waals surface area contributed by atoms with Gasteiger partial charge in [0.05, 0.1) is 13.3 Å². The molecule has 2 fully saturated rings. The minimum Gasteiger partial charge on any atom is -0.386 e. The van der Waals surface area contributed by atoms with Crippen molar-refractivity contribution in [2.45, 2.75) is 45.1 Å². The Kier molecular flexibility index (Phi) is 5.64. The van der Waals surface area contributed by atoms with Gasteiger partial charge in [0, 0.05) is 29.4 Å². The molecule has 0 aromatic heterocycles. The minimum atomic E-state index is -0.179. The van der Waals surface area contributed by atoms with Gasteiger partial charge in [-0.3, -0.25) is 4.90 Å². The van der Waals surface area contributed by atoms with Crippen LogP contribution in [0.3, 0.4) is 0 Å². The fourth-order valence-electron chi connectivity index (χ4n) is 4.34. The lowest BCUT2D eigenvalue weighted by molar-refractivity contribution is 0.174. The molecule has 0 spiro atoms. The zero-order chi connectivity index (χ0) is 17.9. The number of nitrogens with zero attached hydrogens (tertiary/aromatic N) is 2. The van der Waals surface area contributed by atoms with E-state index in [0.29, 0.717) is 6.04 Å². The Morgan fingerprint density at radius 2 is 2.00 bits per heavy atom. The Balaban J connectivity index is 1.44. The van der Waals surface area contributed by atoms with E-state index in [4.69, 9.17) is 5.73 Å². The van der Waals surface area contributed by atoms with E-state index >= 15 is 0 Å². The predicted molar refractivity (Wildman–Crippen MR) is 102 cm³/mol. The Labute approximate surface area is 150 Å². The molecule has 2 heterocycles. The molecule has 2 aliphatic heterocycles. The van der Waals surface area contributed by atoms with E-state index in [1.165, 1.54) is 30.7 Å². The van der Waals surface area contributed by atoms with Gasteiger partial charge in [0.2, 0.25) is 0 Å². The van der Waals surface area contributed by atoms with Crippen LogP contribution in [-0.4, -0.2) is 37.4 Å². The maximum Gasteiger partial charge on any atom is 0.123 e. The number of allylic oxidation sites excluding steroid dienone is 1. The van der Waals surface area contributed by atoms with Crippen molar-refractivity contribution in [3.63, 3.8) is 0 Å². The van der Waals surface area contributed by atoms with Gasteiger partial charge in [-0.25, -0.2) is 4.39 Å². The first kappa shape index (κ1) is 18.2. The van der Waals surface area contributed by atoms with Crippen molar-refractivity contribution < 1.29 is 4.39 Å². The van der Waals surface area contributed by atoms with Crippen LogP contribution >= 0.6 is 0 Å². The first-order chi connectivity index (χ1) is 12.1. The molecule has 0 amide bonds. The van der Waals surface area contributed by atoms with Crippen molar-refractivity contribution in [3.8, 4) is 0 Å². The molecular formula is C20H31FN4. The van der Waals surface area contributed by atoms with Crippen molar-refractivity contribution in [2.75, 3.05) is 31.3 Å². The van der Waals surface area contributed by atoms with Gasteiger partial charge in [-0.05, 0) is 56.5 Å². The fraction of sp³-hybridized carbons (Fsp3) is 0.600. The second-order valence-electron chi connectivity index (χ2n) is 7.58. The molecule has 3 rings (SSSR count). The monoisotopic (exact) mass is 346 g/mol. The Hall–Kier alpha value is -1.59. The largest absolute Gasteiger partial charge is 0.386 e. The minimum absolute atomic E-state index is 0.179. The van der Waals surface area contributed by atoms with E-state index in [1.807, 2.05) is 12.1 Å². The van der Waals surface area contributed by atoms with E-state index in [1.54, 1.807) is 0 Å². The summed E-state index contributed by atoms with van der Waals surface area (Å²) in [6.45, 7) is 10.2. The summed E-state index contributed by atoms with van der Waals surface area (Å²) in [7, 11) is 0. The molecular weight excluding hydrogens is 315 g/mol. The van der Waals surface area contributed by atoms with E-state index < -0.39 is 0 Å². The van der Waals surface area contributed by atoms with E-state index in [2.05, 4.69) is 28.6 Å². The molecule has 4 nitrogen and oxygen atoms in total. The number of anilines is 1. The zero-order valence-electron chi connectivity index (χ0n) is 15.3. The first-order valence-corrected chi connectivity index (χ1v) is 9.45. The quantitative estimate of drug-likeness (QED) is 0.758. The number of benzene rings is 1. The second kappa shape index (κ2) is 7.75. The van der Waals surface area contributed by atoms with E-state index in [9.17, 15) is 4.39 Å². The van der Waals surface area contributed by atoms with Gasteiger partial charge in [0.25, 0.3) is 0 Å². The number of nitrogens with one attached hydrogen (secondary N) is 1. The molecule has 1 aromatic rings. The molecule has 0 radical (unpaired) electrons. The van der Waals surface area contributed by atoms with Gasteiger partial charge in [-0.15, -0.1) is 0 Å². The number of nitrogens with two attached hydrogens (primary N) is 1. The van der Waals surface area contributed by atoms with E-state index in [-0.39, 0.29) is 11.2 Å². The van der Waals surface area contributed by atoms with Crippen LogP contribution in [-0.2, 0) is 0 Å². The summed E-state index contributed by atoms with van der Waals surface area (Å²) in [5.74, 6) is -0.179. The SMILES string of the molecule is C=C1NC(CCN2CN(c3ccc(F)cc3)C2)CC1(CCC)CCN. The molecule has 2 aliphatic rings. The number of hydrogen-bond acceptors (Lipinski definition) is 4. The van der Waals surface area contributed by atoms with Crippen molar-refractivity contribution in [2.24, 2.45) is 11.1 Å². The lowest BCUT2D eigenvalue weighted by Gasteiger charge is -2.44.